The van der Waals surface area contributed by atoms with Gasteiger partial charge in [0.25, 0.3) is 0 Å². The Hall–Kier alpha value is -1.27. The van der Waals surface area contributed by atoms with Crippen molar-refractivity contribution in [3.8, 4) is 11.5 Å². The van der Waals surface area contributed by atoms with Gasteiger partial charge in [-0.15, -0.1) is 0 Å². The van der Waals surface area contributed by atoms with Gasteiger partial charge in [0.15, 0.2) is 11.5 Å². The molecular weight excluding hydrogens is 418 g/mol. The van der Waals surface area contributed by atoms with Gasteiger partial charge in [-0.05, 0) is 64.2 Å². The standard InChI is InChI=1S/C20H23BrClNO3/c1-24-19-10-15(11-23-12-17-3-2-8-25-17)9-18(21)20(19)26-13-14-4-6-16(22)7-5-14/h4-7,9-10,17,23H,2-3,8,11-13H2,1H3. The normalized spacial score (nSPS) is 16.7. The van der Waals surface area contributed by atoms with E-state index in [0.29, 0.717) is 29.2 Å². The van der Waals surface area contributed by atoms with Crippen LogP contribution in [0.25, 0.3) is 0 Å². The molecule has 1 saturated heterocycles. The van der Waals surface area contributed by atoms with Gasteiger partial charge in [-0.1, -0.05) is 23.7 Å². The van der Waals surface area contributed by atoms with Crippen molar-refractivity contribution in [1.29, 1.82) is 0 Å². The van der Waals surface area contributed by atoms with E-state index < -0.39 is 0 Å². The molecule has 1 heterocycles. The molecule has 1 N–H and O–H groups in total. The number of hydrogen-bond acceptors (Lipinski definition) is 4. The van der Waals surface area contributed by atoms with E-state index in [0.717, 1.165) is 48.1 Å². The van der Waals surface area contributed by atoms with Crippen molar-refractivity contribution in [2.24, 2.45) is 0 Å². The van der Waals surface area contributed by atoms with Crippen molar-refractivity contribution in [2.45, 2.75) is 32.1 Å². The third-order valence-electron chi connectivity index (χ3n) is 4.31. The summed E-state index contributed by atoms with van der Waals surface area (Å²) in [5, 5.41) is 4.17. The number of benzene rings is 2. The van der Waals surface area contributed by atoms with E-state index in [1.807, 2.05) is 30.3 Å². The minimum absolute atomic E-state index is 0.335. The summed E-state index contributed by atoms with van der Waals surface area (Å²) < 4.78 is 18.0. The highest BCUT2D eigenvalue weighted by Gasteiger charge is 2.15. The maximum absolute atomic E-state index is 5.97. The number of hydrogen-bond donors (Lipinski definition) is 1. The summed E-state index contributed by atoms with van der Waals surface area (Å²) in [5.41, 5.74) is 2.18. The van der Waals surface area contributed by atoms with Crippen LogP contribution in [0.2, 0.25) is 5.02 Å². The Balaban J connectivity index is 1.61. The quantitative estimate of drug-likeness (QED) is 0.630. The van der Waals surface area contributed by atoms with Crippen molar-refractivity contribution in [3.05, 3.63) is 57.0 Å². The molecule has 0 saturated carbocycles. The Bertz CT molecular complexity index is 718. The lowest BCUT2D eigenvalue weighted by Crippen LogP contribution is -2.25. The lowest BCUT2D eigenvalue weighted by Gasteiger charge is -2.16. The fourth-order valence-electron chi connectivity index (χ4n) is 2.93. The summed E-state index contributed by atoms with van der Waals surface area (Å²) in [6.07, 6.45) is 2.63. The van der Waals surface area contributed by atoms with Crippen molar-refractivity contribution >= 4 is 27.5 Å². The molecule has 3 rings (SSSR count). The van der Waals surface area contributed by atoms with E-state index >= 15 is 0 Å². The molecule has 140 valence electrons. The van der Waals surface area contributed by atoms with E-state index in [4.69, 9.17) is 25.8 Å². The number of ether oxygens (including phenoxy) is 3. The average molecular weight is 441 g/mol. The second-order valence-corrected chi connectivity index (χ2v) is 7.58. The Labute approximate surface area is 167 Å². The molecular formula is C20H23BrClNO3. The van der Waals surface area contributed by atoms with Crippen LogP contribution in [0.5, 0.6) is 11.5 Å². The average Bonchev–Trinajstić information content (AvgIpc) is 3.15. The largest absolute Gasteiger partial charge is 0.493 e. The maximum atomic E-state index is 5.97. The molecule has 0 radical (unpaired) electrons. The molecule has 0 aliphatic carbocycles. The molecule has 1 aliphatic rings. The molecule has 0 spiro atoms. The van der Waals surface area contributed by atoms with Gasteiger partial charge in [0.05, 0.1) is 17.7 Å². The summed E-state index contributed by atoms with van der Waals surface area (Å²) in [5.74, 6) is 1.41. The van der Waals surface area contributed by atoms with Gasteiger partial charge in [-0.25, -0.2) is 0 Å². The fourth-order valence-corrected chi connectivity index (χ4v) is 3.66. The molecule has 2 aromatic carbocycles. The predicted octanol–water partition coefficient (Wildman–Crippen LogP) is 4.96. The van der Waals surface area contributed by atoms with Crippen LogP contribution in [0.4, 0.5) is 0 Å². The van der Waals surface area contributed by atoms with Crippen molar-refractivity contribution < 1.29 is 14.2 Å². The summed E-state index contributed by atoms with van der Waals surface area (Å²) in [7, 11) is 1.65. The molecule has 1 unspecified atom stereocenters. The Kier molecular flexibility index (Phi) is 7.20. The molecule has 1 atom stereocenters. The van der Waals surface area contributed by atoms with Crippen LogP contribution in [0.15, 0.2) is 40.9 Å². The third-order valence-corrected chi connectivity index (χ3v) is 5.15. The zero-order valence-corrected chi connectivity index (χ0v) is 17.1. The molecule has 26 heavy (non-hydrogen) atoms. The fraction of sp³-hybridized carbons (Fsp3) is 0.400. The van der Waals surface area contributed by atoms with Gasteiger partial charge in [0.2, 0.25) is 0 Å². The second kappa shape index (κ2) is 9.60. The highest BCUT2D eigenvalue weighted by Crippen LogP contribution is 2.37. The van der Waals surface area contributed by atoms with Gasteiger partial charge in [0.1, 0.15) is 6.61 Å². The topological polar surface area (TPSA) is 39.7 Å². The Morgan fingerprint density at radius 3 is 2.73 bits per heavy atom. The first-order valence-corrected chi connectivity index (χ1v) is 9.89. The molecule has 0 bridgehead atoms. The molecule has 0 aromatic heterocycles. The van der Waals surface area contributed by atoms with Crippen LogP contribution >= 0.6 is 27.5 Å². The third kappa shape index (κ3) is 5.36. The monoisotopic (exact) mass is 439 g/mol. The van der Waals surface area contributed by atoms with Crippen LogP contribution in [-0.4, -0.2) is 26.4 Å². The zero-order chi connectivity index (χ0) is 18.4. The summed E-state index contributed by atoms with van der Waals surface area (Å²) in [4.78, 5) is 0. The van der Waals surface area contributed by atoms with Crippen LogP contribution in [0, 0.1) is 0 Å². The first-order chi connectivity index (χ1) is 12.7. The summed E-state index contributed by atoms with van der Waals surface area (Å²) in [6, 6.07) is 11.7. The molecule has 6 heteroatoms. The lowest BCUT2D eigenvalue weighted by molar-refractivity contribution is 0.110. The zero-order valence-electron chi connectivity index (χ0n) is 14.8. The van der Waals surface area contributed by atoms with Crippen LogP contribution in [-0.2, 0) is 17.9 Å². The molecule has 4 nitrogen and oxygen atoms in total. The van der Waals surface area contributed by atoms with E-state index in [2.05, 4.69) is 27.3 Å². The first kappa shape index (κ1) is 19.5. The second-order valence-electron chi connectivity index (χ2n) is 6.29. The van der Waals surface area contributed by atoms with Crippen LogP contribution in [0.1, 0.15) is 24.0 Å². The number of halogens is 2. The Morgan fingerprint density at radius 2 is 2.04 bits per heavy atom. The van der Waals surface area contributed by atoms with E-state index in [1.54, 1.807) is 7.11 Å². The first-order valence-electron chi connectivity index (χ1n) is 8.71. The van der Waals surface area contributed by atoms with Gasteiger partial charge in [-0.2, -0.15) is 0 Å². The number of rotatable bonds is 8. The van der Waals surface area contributed by atoms with Gasteiger partial charge in [0, 0.05) is 24.7 Å². The SMILES string of the molecule is COc1cc(CNCC2CCCO2)cc(Br)c1OCc1ccc(Cl)cc1. The maximum Gasteiger partial charge on any atom is 0.175 e. The van der Waals surface area contributed by atoms with E-state index in [9.17, 15) is 0 Å². The highest BCUT2D eigenvalue weighted by atomic mass is 79.9. The van der Waals surface area contributed by atoms with Gasteiger partial charge < -0.3 is 19.5 Å². The molecule has 1 aliphatic heterocycles. The molecule has 1 fully saturated rings. The van der Waals surface area contributed by atoms with Crippen LogP contribution < -0.4 is 14.8 Å². The minimum Gasteiger partial charge on any atom is -0.493 e. The highest BCUT2D eigenvalue weighted by molar-refractivity contribution is 9.10. The molecule has 0 amide bonds. The lowest BCUT2D eigenvalue weighted by atomic mass is 10.2. The summed E-state index contributed by atoms with van der Waals surface area (Å²) in [6.45, 7) is 2.95. The van der Waals surface area contributed by atoms with Crippen molar-refractivity contribution in [1.82, 2.24) is 5.32 Å². The van der Waals surface area contributed by atoms with Crippen LogP contribution in [0.3, 0.4) is 0 Å². The number of methoxy groups -OCH3 is 1. The van der Waals surface area contributed by atoms with Gasteiger partial charge >= 0.3 is 0 Å². The number of nitrogens with one attached hydrogen (secondary N) is 1. The van der Waals surface area contributed by atoms with E-state index in [-0.39, 0.29) is 0 Å². The Morgan fingerprint density at radius 1 is 1.23 bits per heavy atom. The minimum atomic E-state index is 0.335. The van der Waals surface area contributed by atoms with Gasteiger partial charge in [-0.3, -0.25) is 0 Å². The van der Waals surface area contributed by atoms with Crippen molar-refractivity contribution in [2.75, 3.05) is 20.3 Å². The van der Waals surface area contributed by atoms with Crippen molar-refractivity contribution in [3.63, 3.8) is 0 Å². The molecule has 2 aromatic rings. The predicted molar refractivity (Wildman–Crippen MR) is 107 cm³/mol. The van der Waals surface area contributed by atoms with E-state index in [1.165, 1.54) is 0 Å². The summed E-state index contributed by atoms with van der Waals surface area (Å²) >= 11 is 9.52. The smallest absolute Gasteiger partial charge is 0.175 e.